The van der Waals surface area contributed by atoms with E-state index in [-0.39, 0.29) is 30.8 Å². The zero-order valence-electron chi connectivity index (χ0n) is 18.6. The summed E-state index contributed by atoms with van der Waals surface area (Å²) in [5.74, 6) is -1.13. The molecule has 2 N–H and O–H groups in total. The summed E-state index contributed by atoms with van der Waals surface area (Å²) >= 11 is 0. The number of ether oxygens (including phenoxy) is 1. The van der Waals surface area contributed by atoms with Crippen LogP contribution in [0.5, 0.6) is 0 Å². The third-order valence-corrected chi connectivity index (χ3v) is 7.35. The standard InChI is InChI=1S/C26H28N2O5/c1-16(13-23(29)28-12-6-7-17-14-26(17,28)24(30)31)27-25(32)33-15-22-20-10-4-2-8-18(20)19-9-3-5-11-21(19)22/h2-5,8-11,16-17,22H,6-7,12-15H2,1H3,(H,27,32)(H,30,31)/t16-,17+,26-/m0/s1. The van der Waals surface area contributed by atoms with Crippen molar-refractivity contribution in [3.63, 3.8) is 0 Å². The van der Waals surface area contributed by atoms with Gasteiger partial charge in [0, 0.05) is 24.9 Å². The zero-order valence-corrected chi connectivity index (χ0v) is 18.6. The number of benzene rings is 2. The second kappa shape index (κ2) is 8.21. The van der Waals surface area contributed by atoms with Crippen molar-refractivity contribution in [1.82, 2.24) is 10.2 Å². The normalized spacial score (nSPS) is 23.7. The molecule has 7 heteroatoms. The lowest BCUT2D eigenvalue weighted by molar-refractivity contribution is -0.154. The van der Waals surface area contributed by atoms with E-state index in [1.54, 1.807) is 6.92 Å². The molecule has 0 unspecified atom stereocenters. The van der Waals surface area contributed by atoms with Crippen LogP contribution in [0.2, 0.25) is 0 Å². The summed E-state index contributed by atoms with van der Waals surface area (Å²) in [7, 11) is 0. The number of carboxylic acids is 1. The molecule has 1 heterocycles. The number of alkyl carbamates (subject to hydrolysis) is 1. The van der Waals surface area contributed by atoms with E-state index in [1.165, 1.54) is 4.90 Å². The quantitative estimate of drug-likeness (QED) is 0.701. The first-order valence-corrected chi connectivity index (χ1v) is 11.6. The maximum Gasteiger partial charge on any atom is 0.407 e. The van der Waals surface area contributed by atoms with Crippen LogP contribution in [-0.4, -0.2) is 52.7 Å². The van der Waals surface area contributed by atoms with Gasteiger partial charge < -0.3 is 20.1 Å². The second-order valence-corrected chi connectivity index (χ2v) is 9.39. The van der Waals surface area contributed by atoms with Crippen molar-refractivity contribution >= 4 is 18.0 Å². The Morgan fingerprint density at radius 2 is 1.76 bits per heavy atom. The molecular weight excluding hydrogens is 420 g/mol. The Morgan fingerprint density at radius 3 is 2.39 bits per heavy atom. The lowest BCUT2D eigenvalue weighted by atomic mass is 9.98. The van der Waals surface area contributed by atoms with Gasteiger partial charge in [0.1, 0.15) is 12.1 Å². The highest BCUT2D eigenvalue weighted by molar-refractivity contribution is 5.91. The summed E-state index contributed by atoms with van der Waals surface area (Å²) in [6.07, 6.45) is 1.67. The summed E-state index contributed by atoms with van der Waals surface area (Å²) in [6.45, 7) is 2.40. The highest BCUT2D eigenvalue weighted by atomic mass is 16.5. The number of carboxylic acid groups (broad SMARTS) is 1. The molecule has 1 saturated heterocycles. The summed E-state index contributed by atoms with van der Waals surface area (Å²) < 4.78 is 5.56. The van der Waals surface area contributed by atoms with Gasteiger partial charge in [-0.2, -0.15) is 0 Å². The maximum atomic E-state index is 12.8. The van der Waals surface area contributed by atoms with Gasteiger partial charge in [0.15, 0.2) is 0 Å². The highest BCUT2D eigenvalue weighted by Crippen LogP contribution is 2.54. The SMILES string of the molecule is C[C@@H](CC(=O)N1CCC[C@@H]2C[C@@]21C(=O)O)NC(=O)OCC1c2ccccc2-c2ccccc21. The van der Waals surface area contributed by atoms with Gasteiger partial charge in [-0.3, -0.25) is 4.79 Å². The number of nitrogens with one attached hydrogen (secondary N) is 1. The van der Waals surface area contributed by atoms with Crippen LogP contribution in [0.25, 0.3) is 11.1 Å². The number of hydrogen-bond donors (Lipinski definition) is 2. The molecule has 1 saturated carbocycles. The van der Waals surface area contributed by atoms with Gasteiger partial charge in [-0.15, -0.1) is 0 Å². The molecule has 1 aliphatic heterocycles. The molecule has 2 fully saturated rings. The predicted molar refractivity (Wildman–Crippen MR) is 122 cm³/mol. The number of amides is 2. The maximum absolute atomic E-state index is 12.8. The van der Waals surface area contributed by atoms with Crippen molar-refractivity contribution in [2.75, 3.05) is 13.2 Å². The molecule has 7 nitrogen and oxygen atoms in total. The number of fused-ring (bicyclic) bond motifs is 4. The van der Waals surface area contributed by atoms with Crippen molar-refractivity contribution in [1.29, 1.82) is 0 Å². The van der Waals surface area contributed by atoms with E-state index >= 15 is 0 Å². The van der Waals surface area contributed by atoms with Crippen LogP contribution in [0.15, 0.2) is 48.5 Å². The monoisotopic (exact) mass is 448 g/mol. The van der Waals surface area contributed by atoms with Crippen LogP contribution in [0.3, 0.4) is 0 Å². The van der Waals surface area contributed by atoms with E-state index in [4.69, 9.17) is 4.74 Å². The van der Waals surface area contributed by atoms with Crippen LogP contribution in [-0.2, 0) is 14.3 Å². The summed E-state index contributed by atoms with van der Waals surface area (Å²) in [5, 5.41) is 12.4. The molecule has 2 aliphatic carbocycles. The Labute approximate surface area is 192 Å². The number of nitrogens with zero attached hydrogens (tertiary/aromatic N) is 1. The minimum atomic E-state index is -1.03. The van der Waals surface area contributed by atoms with Gasteiger partial charge in [-0.05, 0) is 54.4 Å². The molecular formula is C26H28N2O5. The summed E-state index contributed by atoms with van der Waals surface area (Å²) in [5.41, 5.74) is 3.57. The molecule has 3 atom stereocenters. The number of carbonyl (C=O) groups excluding carboxylic acids is 2. The summed E-state index contributed by atoms with van der Waals surface area (Å²) in [6, 6.07) is 15.8. The van der Waals surface area contributed by atoms with E-state index in [2.05, 4.69) is 29.6 Å². The second-order valence-electron chi connectivity index (χ2n) is 9.39. The highest BCUT2D eigenvalue weighted by Gasteiger charge is 2.66. The Morgan fingerprint density at radius 1 is 1.12 bits per heavy atom. The zero-order chi connectivity index (χ0) is 23.2. The van der Waals surface area contributed by atoms with Crippen molar-refractivity contribution < 1.29 is 24.2 Å². The van der Waals surface area contributed by atoms with Crippen LogP contribution in [0.1, 0.15) is 49.7 Å². The molecule has 3 aliphatic rings. The van der Waals surface area contributed by atoms with Crippen molar-refractivity contribution in [3.05, 3.63) is 59.7 Å². The number of hydrogen-bond acceptors (Lipinski definition) is 4. The Bertz CT molecular complexity index is 1070. The Balaban J connectivity index is 1.18. The number of rotatable bonds is 6. The van der Waals surface area contributed by atoms with Crippen LogP contribution < -0.4 is 5.32 Å². The van der Waals surface area contributed by atoms with E-state index in [9.17, 15) is 19.5 Å². The minimum Gasteiger partial charge on any atom is -0.479 e. The van der Waals surface area contributed by atoms with E-state index in [0.717, 1.165) is 35.1 Å². The molecule has 0 radical (unpaired) electrons. The van der Waals surface area contributed by atoms with Gasteiger partial charge in [-0.25, -0.2) is 9.59 Å². The fraction of sp³-hybridized carbons (Fsp3) is 0.423. The lowest BCUT2D eigenvalue weighted by Gasteiger charge is -2.34. The number of carbonyl (C=O) groups is 3. The van der Waals surface area contributed by atoms with E-state index < -0.39 is 23.6 Å². The third kappa shape index (κ3) is 3.65. The molecule has 0 spiro atoms. The van der Waals surface area contributed by atoms with Gasteiger partial charge in [-0.1, -0.05) is 48.5 Å². The average molecular weight is 449 g/mol. The lowest BCUT2D eigenvalue weighted by Crippen LogP contribution is -2.52. The molecule has 5 rings (SSSR count). The number of likely N-dealkylation sites (tertiary alicyclic amines) is 1. The average Bonchev–Trinajstić information content (AvgIpc) is 3.48. The molecule has 33 heavy (non-hydrogen) atoms. The van der Waals surface area contributed by atoms with E-state index in [1.807, 2.05) is 24.3 Å². The van der Waals surface area contributed by atoms with Gasteiger partial charge >= 0.3 is 12.1 Å². The molecule has 2 aromatic rings. The van der Waals surface area contributed by atoms with Crippen LogP contribution in [0.4, 0.5) is 4.79 Å². The first-order valence-electron chi connectivity index (χ1n) is 11.6. The topological polar surface area (TPSA) is 95.9 Å². The number of piperidine rings is 1. The smallest absolute Gasteiger partial charge is 0.407 e. The van der Waals surface area contributed by atoms with Crippen LogP contribution in [0, 0.1) is 5.92 Å². The molecule has 2 aromatic carbocycles. The molecule has 2 amide bonds. The van der Waals surface area contributed by atoms with Crippen LogP contribution >= 0.6 is 0 Å². The predicted octanol–water partition coefficient (Wildman–Crippen LogP) is 3.77. The fourth-order valence-electron chi connectivity index (χ4n) is 5.67. The first-order chi connectivity index (χ1) is 15.9. The number of aliphatic carboxylic acids is 1. The van der Waals surface area contributed by atoms with Gasteiger partial charge in [0.05, 0.1) is 0 Å². The Hall–Kier alpha value is -3.35. The Kier molecular flexibility index (Phi) is 5.35. The molecule has 172 valence electrons. The van der Waals surface area contributed by atoms with Gasteiger partial charge in [0.25, 0.3) is 0 Å². The largest absolute Gasteiger partial charge is 0.479 e. The van der Waals surface area contributed by atoms with Crippen molar-refractivity contribution in [3.8, 4) is 11.1 Å². The fourth-order valence-corrected chi connectivity index (χ4v) is 5.67. The van der Waals surface area contributed by atoms with E-state index in [0.29, 0.717) is 13.0 Å². The third-order valence-electron chi connectivity index (χ3n) is 7.35. The minimum absolute atomic E-state index is 0.0318. The first kappa shape index (κ1) is 21.5. The van der Waals surface area contributed by atoms with Crippen molar-refractivity contribution in [2.45, 2.75) is 50.1 Å². The van der Waals surface area contributed by atoms with Crippen molar-refractivity contribution in [2.24, 2.45) is 5.92 Å². The molecule has 0 bridgehead atoms. The van der Waals surface area contributed by atoms with Gasteiger partial charge in [0.2, 0.25) is 5.91 Å². The summed E-state index contributed by atoms with van der Waals surface area (Å²) in [4.78, 5) is 38.6. The molecule has 0 aromatic heterocycles.